The quantitative estimate of drug-likeness (QED) is 0.882. The number of hydrogen-bond donors (Lipinski definition) is 2. The Hall–Kier alpha value is -1.74. The van der Waals surface area contributed by atoms with E-state index in [0.717, 1.165) is 6.42 Å². The van der Waals surface area contributed by atoms with E-state index in [9.17, 15) is 22.0 Å². The van der Waals surface area contributed by atoms with Crippen LogP contribution in [0.25, 0.3) is 0 Å². The number of nitrogens with one attached hydrogen (secondary N) is 1. The van der Waals surface area contributed by atoms with Crippen molar-refractivity contribution < 1.29 is 27.1 Å². The first-order valence-electron chi connectivity index (χ1n) is 6.71. The third-order valence-electron chi connectivity index (χ3n) is 3.46. The van der Waals surface area contributed by atoms with Crippen molar-refractivity contribution in [2.24, 2.45) is 5.92 Å². The van der Waals surface area contributed by atoms with Gasteiger partial charge in [-0.25, -0.2) is 13.6 Å². The molecule has 0 amide bonds. The molecule has 0 aromatic heterocycles. The predicted molar refractivity (Wildman–Crippen MR) is 75.8 cm³/mol. The van der Waals surface area contributed by atoms with E-state index in [1.807, 2.05) is 6.92 Å². The minimum atomic E-state index is -3.93. The Morgan fingerprint density at radius 3 is 2.45 bits per heavy atom. The number of hydrogen-bond acceptors (Lipinski definition) is 3. The molecule has 9 heteroatoms. The van der Waals surface area contributed by atoms with Gasteiger partial charge in [-0.1, -0.05) is 6.92 Å². The molecule has 1 saturated heterocycles. The highest BCUT2D eigenvalue weighted by Gasteiger charge is 2.28. The minimum absolute atomic E-state index is 0.202. The average molecular weight is 334 g/mol. The van der Waals surface area contributed by atoms with Crippen molar-refractivity contribution in [3.05, 3.63) is 29.3 Å². The van der Waals surface area contributed by atoms with Gasteiger partial charge in [0.2, 0.25) is 0 Å². The molecule has 1 aromatic carbocycles. The van der Waals surface area contributed by atoms with Crippen molar-refractivity contribution in [3.8, 4) is 0 Å². The summed E-state index contributed by atoms with van der Waals surface area (Å²) in [5.41, 5.74) is -1.47. The Kier molecular flexibility index (Phi) is 4.66. The first-order chi connectivity index (χ1) is 10.2. The molecule has 1 aromatic rings. The summed E-state index contributed by atoms with van der Waals surface area (Å²) >= 11 is 0. The topological polar surface area (TPSA) is 86.7 Å². The van der Waals surface area contributed by atoms with E-state index in [1.165, 1.54) is 4.31 Å². The van der Waals surface area contributed by atoms with E-state index >= 15 is 0 Å². The molecule has 0 aliphatic carbocycles. The molecule has 2 rings (SSSR count). The summed E-state index contributed by atoms with van der Waals surface area (Å²) in [7, 11) is -3.93. The van der Waals surface area contributed by atoms with Gasteiger partial charge in [0.25, 0.3) is 0 Å². The Bertz CT molecular complexity index is 670. The zero-order chi connectivity index (χ0) is 16.5. The lowest BCUT2D eigenvalue weighted by atomic mass is 10.0. The fourth-order valence-electron chi connectivity index (χ4n) is 2.41. The maximum Gasteiger partial charge on any atom is 0.341 e. The number of halogens is 2. The summed E-state index contributed by atoms with van der Waals surface area (Å²) in [4.78, 5) is 10.7. The fraction of sp³-hybridized carbons (Fsp3) is 0.462. The lowest BCUT2D eigenvalue weighted by Crippen LogP contribution is -2.42. The molecule has 1 fully saturated rings. The van der Waals surface area contributed by atoms with Crippen LogP contribution in [0.2, 0.25) is 0 Å². The number of nitrogens with zero attached hydrogens (tertiary/aromatic N) is 1. The van der Waals surface area contributed by atoms with Crippen molar-refractivity contribution in [2.75, 3.05) is 17.8 Å². The number of carboxylic acids is 1. The maximum atomic E-state index is 13.6. The number of carboxylic acid groups (broad SMARTS) is 1. The highest BCUT2D eigenvalue weighted by Crippen LogP contribution is 2.23. The Morgan fingerprint density at radius 2 is 1.95 bits per heavy atom. The van der Waals surface area contributed by atoms with Gasteiger partial charge in [0, 0.05) is 13.1 Å². The number of rotatable bonds is 4. The standard InChI is InChI=1S/C13H16F2N2O4S/c1-8-3-2-4-17(7-8)22(20,21)16-9-5-10(14)12(13(18)19)11(15)6-9/h5-6,8,16H,2-4,7H2,1H3,(H,18,19). The van der Waals surface area contributed by atoms with Gasteiger partial charge in [-0.2, -0.15) is 12.7 Å². The van der Waals surface area contributed by atoms with Crippen molar-refractivity contribution in [3.63, 3.8) is 0 Å². The van der Waals surface area contributed by atoms with Crippen LogP contribution in [0, 0.1) is 17.6 Å². The van der Waals surface area contributed by atoms with E-state index in [1.54, 1.807) is 0 Å². The van der Waals surface area contributed by atoms with Gasteiger partial charge in [0.05, 0.1) is 5.69 Å². The van der Waals surface area contributed by atoms with Gasteiger partial charge < -0.3 is 5.11 Å². The van der Waals surface area contributed by atoms with Crippen LogP contribution in [0.5, 0.6) is 0 Å². The predicted octanol–water partition coefficient (Wildman–Crippen LogP) is 2.05. The number of carbonyl (C=O) groups is 1. The lowest BCUT2D eigenvalue weighted by Gasteiger charge is -2.30. The second kappa shape index (κ2) is 6.17. The van der Waals surface area contributed by atoms with Gasteiger partial charge in [0.15, 0.2) is 0 Å². The van der Waals surface area contributed by atoms with Crippen LogP contribution in [0.3, 0.4) is 0 Å². The first kappa shape index (κ1) is 16.6. The van der Waals surface area contributed by atoms with E-state index in [4.69, 9.17) is 5.11 Å². The zero-order valence-electron chi connectivity index (χ0n) is 11.8. The molecule has 1 atom stereocenters. The highest BCUT2D eigenvalue weighted by atomic mass is 32.2. The van der Waals surface area contributed by atoms with Crippen molar-refractivity contribution in [1.82, 2.24) is 4.31 Å². The molecule has 0 spiro atoms. The molecule has 0 bridgehead atoms. The van der Waals surface area contributed by atoms with E-state index in [2.05, 4.69) is 4.72 Å². The van der Waals surface area contributed by atoms with Crippen LogP contribution in [0.1, 0.15) is 30.1 Å². The van der Waals surface area contributed by atoms with E-state index < -0.39 is 33.4 Å². The third kappa shape index (κ3) is 3.53. The molecule has 0 saturated carbocycles. The van der Waals surface area contributed by atoms with E-state index in [0.29, 0.717) is 31.6 Å². The monoisotopic (exact) mass is 334 g/mol. The van der Waals surface area contributed by atoms with Crippen LogP contribution in [0.4, 0.5) is 14.5 Å². The lowest BCUT2D eigenvalue weighted by molar-refractivity contribution is 0.0686. The zero-order valence-corrected chi connectivity index (χ0v) is 12.7. The molecule has 122 valence electrons. The minimum Gasteiger partial charge on any atom is -0.477 e. The second-order valence-corrected chi connectivity index (χ2v) is 7.00. The normalized spacial score (nSPS) is 19.9. The molecular weight excluding hydrogens is 318 g/mol. The van der Waals surface area contributed by atoms with Crippen LogP contribution in [-0.4, -0.2) is 36.9 Å². The summed E-state index contributed by atoms with van der Waals surface area (Å²) in [5, 5.41) is 8.68. The highest BCUT2D eigenvalue weighted by molar-refractivity contribution is 7.90. The molecule has 6 nitrogen and oxygen atoms in total. The molecule has 1 unspecified atom stereocenters. The Balaban J connectivity index is 2.25. The maximum absolute atomic E-state index is 13.6. The first-order valence-corrected chi connectivity index (χ1v) is 8.15. The largest absolute Gasteiger partial charge is 0.477 e. The molecule has 22 heavy (non-hydrogen) atoms. The average Bonchev–Trinajstić information content (AvgIpc) is 2.36. The van der Waals surface area contributed by atoms with Crippen molar-refractivity contribution >= 4 is 21.9 Å². The third-order valence-corrected chi connectivity index (χ3v) is 4.97. The Morgan fingerprint density at radius 1 is 1.36 bits per heavy atom. The summed E-state index contributed by atoms with van der Waals surface area (Å²) in [6.07, 6.45) is 1.63. The van der Waals surface area contributed by atoms with Gasteiger partial charge >= 0.3 is 16.2 Å². The van der Waals surface area contributed by atoms with Crippen LogP contribution in [0.15, 0.2) is 12.1 Å². The van der Waals surface area contributed by atoms with Crippen molar-refractivity contribution in [1.29, 1.82) is 0 Å². The van der Waals surface area contributed by atoms with Crippen molar-refractivity contribution in [2.45, 2.75) is 19.8 Å². The van der Waals surface area contributed by atoms with Gasteiger partial charge in [0.1, 0.15) is 17.2 Å². The number of benzene rings is 1. The molecule has 0 radical (unpaired) electrons. The van der Waals surface area contributed by atoms with Gasteiger partial charge in [-0.05, 0) is 30.9 Å². The van der Waals surface area contributed by atoms with Gasteiger partial charge in [-0.3, -0.25) is 4.72 Å². The molecule has 1 aliphatic rings. The van der Waals surface area contributed by atoms with Gasteiger partial charge in [-0.15, -0.1) is 0 Å². The number of piperidine rings is 1. The fourth-order valence-corrected chi connectivity index (χ4v) is 3.78. The second-order valence-electron chi connectivity index (χ2n) is 5.33. The SMILES string of the molecule is CC1CCCN(S(=O)(=O)Nc2cc(F)c(C(=O)O)c(F)c2)C1. The summed E-state index contributed by atoms with van der Waals surface area (Å²) in [6, 6.07) is 1.30. The van der Waals surface area contributed by atoms with Crippen LogP contribution < -0.4 is 4.72 Å². The molecular formula is C13H16F2N2O4S. The summed E-state index contributed by atoms with van der Waals surface area (Å²) in [6.45, 7) is 2.58. The molecule has 1 heterocycles. The molecule has 1 aliphatic heterocycles. The van der Waals surface area contributed by atoms with Crippen LogP contribution in [-0.2, 0) is 10.2 Å². The molecule has 2 N–H and O–H groups in total. The number of aromatic carboxylic acids is 1. The smallest absolute Gasteiger partial charge is 0.341 e. The van der Waals surface area contributed by atoms with Crippen LogP contribution >= 0.6 is 0 Å². The Labute approximate surface area is 126 Å². The summed E-state index contributed by atoms with van der Waals surface area (Å²) in [5.74, 6) is -4.23. The van der Waals surface area contributed by atoms with E-state index in [-0.39, 0.29) is 11.6 Å². The summed E-state index contributed by atoms with van der Waals surface area (Å²) < 4.78 is 54.8. The number of anilines is 1.